The Morgan fingerprint density at radius 2 is 1.46 bits per heavy atom. The number of aliphatic carboxylic acids is 1. The van der Waals surface area contributed by atoms with Crippen molar-refractivity contribution in [3.63, 3.8) is 0 Å². The lowest BCUT2D eigenvalue weighted by atomic mass is 9.79. The first-order valence-electron chi connectivity index (χ1n) is 8.42. The average Bonchev–Trinajstić information content (AvgIpc) is 2.60. The molecule has 136 valence electrons. The number of benzene rings is 2. The number of carbonyl (C=O) groups excluding carboxylic acids is 1. The van der Waals surface area contributed by atoms with Gasteiger partial charge >= 0.3 is 11.9 Å². The van der Waals surface area contributed by atoms with Gasteiger partial charge in [-0.1, -0.05) is 56.3 Å². The van der Waals surface area contributed by atoms with Crippen LogP contribution in [-0.4, -0.2) is 27.9 Å². The van der Waals surface area contributed by atoms with Gasteiger partial charge < -0.3 is 10.2 Å². The average molecular weight is 354 g/mol. The van der Waals surface area contributed by atoms with Gasteiger partial charge in [-0.2, -0.15) is 0 Å². The lowest BCUT2D eigenvalue weighted by Gasteiger charge is -2.25. The fraction of sp³-hybridized carbons (Fsp3) is 0.286. The Kier molecular flexibility index (Phi) is 5.93. The number of hydrogen-bond acceptors (Lipinski definition) is 3. The van der Waals surface area contributed by atoms with Gasteiger partial charge in [0, 0.05) is 17.5 Å². The summed E-state index contributed by atoms with van der Waals surface area (Å²) in [4.78, 5) is 34.6. The topological polar surface area (TPSA) is 91.7 Å². The Labute approximate surface area is 152 Å². The van der Waals surface area contributed by atoms with Crippen LogP contribution in [-0.2, 0) is 10.2 Å². The zero-order chi connectivity index (χ0) is 19.3. The largest absolute Gasteiger partial charge is 0.481 e. The van der Waals surface area contributed by atoms with E-state index >= 15 is 0 Å². The van der Waals surface area contributed by atoms with Gasteiger partial charge in [0.25, 0.3) is 0 Å². The highest BCUT2D eigenvalue weighted by Crippen LogP contribution is 2.29. The number of aromatic carboxylic acids is 1. The molecule has 0 aliphatic heterocycles. The predicted molar refractivity (Wildman–Crippen MR) is 97.8 cm³/mol. The minimum atomic E-state index is -1.13. The maximum atomic E-state index is 12.7. The Balaban J connectivity index is 2.20. The van der Waals surface area contributed by atoms with Crippen molar-refractivity contribution in [1.82, 2.24) is 0 Å². The Morgan fingerprint density at radius 1 is 0.885 bits per heavy atom. The van der Waals surface area contributed by atoms with E-state index in [9.17, 15) is 19.5 Å². The zero-order valence-electron chi connectivity index (χ0n) is 14.9. The molecule has 0 bridgehead atoms. The molecule has 5 heteroatoms. The Bertz CT molecular complexity index is 819. The van der Waals surface area contributed by atoms with Gasteiger partial charge in [-0.3, -0.25) is 9.59 Å². The molecule has 0 fully saturated rings. The van der Waals surface area contributed by atoms with Crippen molar-refractivity contribution in [2.45, 2.75) is 38.5 Å². The van der Waals surface area contributed by atoms with Crippen molar-refractivity contribution in [3.05, 3.63) is 70.8 Å². The van der Waals surface area contributed by atoms with E-state index in [4.69, 9.17) is 5.11 Å². The van der Waals surface area contributed by atoms with E-state index in [1.807, 2.05) is 26.0 Å². The van der Waals surface area contributed by atoms with Crippen LogP contribution in [0.2, 0.25) is 0 Å². The summed E-state index contributed by atoms with van der Waals surface area (Å²) in [5.74, 6) is -2.28. The molecule has 0 aliphatic rings. The van der Waals surface area contributed by atoms with E-state index < -0.39 is 11.9 Å². The maximum absolute atomic E-state index is 12.7. The molecule has 26 heavy (non-hydrogen) atoms. The first kappa shape index (κ1) is 19.4. The molecule has 0 unspecified atom stereocenters. The predicted octanol–water partition coefficient (Wildman–Crippen LogP) is 4.15. The summed E-state index contributed by atoms with van der Waals surface area (Å²) >= 11 is 0. The van der Waals surface area contributed by atoms with Crippen LogP contribution in [0.25, 0.3) is 0 Å². The lowest BCUT2D eigenvalue weighted by molar-refractivity contribution is -0.137. The van der Waals surface area contributed by atoms with Crippen molar-refractivity contribution in [2.24, 2.45) is 0 Å². The SMILES string of the molecule is CC(C)(CCCC(=O)O)c1ccc(C(=O)c2ccccc2C(=O)O)cc1. The third kappa shape index (κ3) is 4.57. The number of carbonyl (C=O) groups is 3. The van der Waals surface area contributed by atoms with Crippen molar-refractivity contribution in [1.29, 1.82) is 0 Å². The highest BCUT2D eigenvalue weighted by atomic mass is 16.4. The highest BCUT2D eigenvalue weighted by molar-refractivity contribution is 6.14. The molecular formula is C21H22O5. The molecular weight excluding hydrogens is 332 g/mol. The van der Waals surface area contributed by atoms with Gasteiger partial charge in [0.05, 0.1) is 5.56 Å². The van der Waals surface area contributed by atoms with Crippen molar-refractivity contribution in [2.75, 3.05) is 0 Å². The van der Waals surface area contributed by atoms with Gasteiger partial charge in [-0.25, -0.2) is 4.79 Å². The normalized spacial score (nSPS) is 11.2. The second-order valence-electron chi connectivity index (χ2n) is 6.89. The van der Waals surface area contributed by atoms with E-state index in [0.29, 0.717) is 18.4 Å². The summed E-state index contributed by atoms with van der Waals surface area (Å²) in [7, 11) is 0. The fourth-order valence-corrected chi connectivity index (χ4v) is 2.92. The van der Waals surface area contributed by atoms with E-state index in [0.717, 1.165) is 5.56 Å². The Morgan fingerprint density at radius 3 is 2.00 bits per heavy atom. The number of carboxylic acids is 2. The van der Waals surface area contributed by atoms with Crippen LogP contribution in [0.15, 0.2) is 48.5 Å². The van der Waals surface area contributed by atoms with Crippen molar-refractivity contribution >= 4 is 17.7 Å². The third-order valence-electron chi connectivity index (χ3n) is 4.52. The van der Waals surface area contributed by atoms with Crippen molar-refractivity contribution in [3.8, 4) is 0 Å². The summed E-state index contributed by atoms with van der Waals surface area (Å²) in [5, 5.41) is 18.0. The molecule has 2 N–H and O–H groups in total. The summed E-state index contributed by atoms with van der Waals surface area (Å²) < 4.78 is 0. The zero-order valence-corrected chi connectivity index (χ0v) is 14.9. The molecule has 0 aliphatic carbocycles. The van der Waals surface area contributed by atoms with Crippen LogP contribution in [0, 0.1) is 0 Å². The molecule has 0 spiro atoms. The first-order chi connectivity index (χ1) is 12.2. The minimum Gasteiger partial charge on any atom is -0.481 e. The standard InChI is InChI=1S/C21H22O5/c1-21(2,13-5-8-18(22)23)15-11-9-14(10-12-15)19(24)16-6-3-4-7-17(16)20(25)26/h3-4,6-7,9-12H,5,8,13H2,1-2H3,(H,22,23)(H,25,26). The summed E-state index contributed by atoms with van der Waals surface area (Å²) in [5.41, 5.74) is 1.36. The molecule has 2 rings (SSSR count). The smallest absolute Gasteiger partial charge is 0.336 e. The van der Waals surface area contributed by atoms with E-state index in [-0.39, 0.29) is 28.7 Å². The van der Waals surface area contributed by atoms with Crippen LogP contribution < -0.4 is 0 Å². The number of carboxylic acid groups (broad SMARTS) is 2. The molecule has 0 aromatic heterocycles. The fourth-order valence-electron chi connectivity index (χ4n) is 2.92. The molecule has 0 saturated carbocycles. The minimum absolute atomic E-state index is 0.0180. The van der Waals surface area contributed by atoms with Gasteiger partial charge in [0.1, 0.15) is 0 Å². The molecule has 0 radical (unpaired) electrons. The van der Waals surface area contributed by atoms with E-state index in [1.54, 1.807) is 24.3 Å². The second-order valence-corrected chi connectivity index (χ2v) is 6.89. The monoisotopic (exact) mass is 354 g/mol. The van der Waals surface area contributed by atoms with E-state index in [1.165, 1.54) is 12.1 Å². The molecule has 2 aromatic carbocycles. The quantitative estimate of drug-likeness (QED) is 0.695. The lowest BCUT2D eigenvalue weighted by Crippen LogP contribution is -2.18. The summed E-state index contributed by atoms with van der Waals surface area (Å²) in [6, 6.07) is 13.2. The van der Waals surface area contributed by atoms with Crippen LogP contribution >= 0.6 is 0 Å². The van der Waals surface area contributed by atoms with E-state index in [2.05, 4.69) is 0 Å². The number of ketones is 1. The number of hydrogen-bond donors (Lipinski definition) is 2. The maximum Gasteiger partial charge on any atom is 0.336 e. The molecule has 0 amide bonds. The van der Waals surface area contributed by atoms with Crippen LogP contribution in [0.1, 0.15) is 65.0 Å². The van der Waals surface area contributed by atoms with Crippen LogP contribution in [0.4, 0.5) is 0 Å². The van der Waals surface area contributed by atoms with Gasteiger partial charge in [-0.05, 0) is 29.9 Å². The molecule has 0 atom stereocenters. The van der Waals surface area contributed by atoms with Crippen LogP contribution in [0.3, 0.4) is 0 Å². The molecule has 2 aromatic rings. The second kappa shape index (κ2) is 7.95. The number of rotatable bonds is 8. The van der Waals surface area contributed by atoms with Crippen LogP contribution in [0.5, 0.6) is 0 Å². The Hall–Kier alpha value is -2.95. The summed E-state index contributed by atoms with van der Waals surface area (Å²) in [6.07, 6.45) is 1.43. The third-order valence-corrected chi connectivity index (χ3v) is 4.52. The van der Waals surface area contributed by atoms with Gasteiger partial charge in [0.15, 0.2) is 5.78 Å². The molecule has 5 nitrogen and oxygen atoms in total. The van der Waals surface area contributed by atoms with Gasteiger partial charge in [0.2, 0.25) is 0 Å². The first-order valence-corrected chi connectivity index (χ1v) is 8.42. The molecule has 0 saturated heterocycles. The highest BCUT2D eigenvalue weighted by Gasteiger charge is 2.22. The van der Waals surface area contributed by atoms with Gasteiger partial charge in [-0.15, -0.1) is 0 Å². The van der Waals surface area contributed by atoms with Crippen molar-refractivity contribution < 1.29 is 24.6 Å². The molecule has 0 heterocycles. The summed E-state index contributed by atoms with van der Waals surface area (Å²) in [6.45, 7) is 4.07.